The van der Waals surface area contributed by atoms with Crippen LogP contribution in [0.3, 0.4) is 0 Å². The Bertz CT molecular complexity index is 779. The van der Waals surface area contributed by atoms with Crippen LogP contribution in [-0.4, -0.2) is 20.5 Å². The highest BCUT2D eigenvalue weighted by Crippen LogP contribution is 2.19. The highest BCUT2D eigenvalue weighted by molar-refractivity contribution is 9.10. The number of aryl methyl sites for hydroxylation is 1. The molecular formula is C11H10BrNO4S. The molecule has 7 heteroatoms. The van der Waals surface area contributed by atoms with Gasteiger partial charge in [0.2, 0.25) is 5.43 Å². The summed E-state index contributed by atoms with van der Waals surface area (Å²) >= 11 is 3.29. The van der Waals surface area contributed by atoms with Crippen molar-refractivity contribution in [1.29, 1.82) is 0 Å². The predicted octanol–water partition coefficient (Wildman–Crippen LogP) is 1.93. The third-order valence-corrected chi connectivity index (χ3v) is 4.49. The number of aromatic amines is 1. The number of benzene rings is 1. The Hall–Kier alpha value is -1.18. The molecule has 5 nitrogen and oxygen atoms in total. The Balaban J connectivity index is 2.95. The van der Waals surface area contributed by atoms with Crippen molar-refractivity contribution in [1.82, 2.24) is 4.98 Å². The van der Waals surface area contributed by atoms with E-state index in [1.54, 1.807) is 18.2 Å². The third kappa shape index (κ3) is 2.09. The van der Waals surface area contributed by atoms with E-state index in [0.717, 1.165) is 11.6 Å². The van der Waals surface area contributed by atoms with E-state index in [0.29, 0.717) is 10.9 Å². The van der Waals surface area contributed by atoms with Crippen LogP contribution >= 0.6 is 15.9 Å². The SMILES string of the molecule is COS(=O)(=O)c1c(C)[nH]c2cc(Br)ccc2c1=O. The van der Waals surface area contributed by atoms with Crippen LogP contribution in [0.4, 0.5) is 0 Å². The Labute approximate surface area is 112 Å². The fourth-order valence-corrected chi connectivity index (χ4v) is 3.04. The van der Waals surface area contributed by atoms with E-state index in [2.05, 4.69) is 25.1 Å². The third-order valence-electron chi connectivity index (χ3n) is 2.56. The van der Waals surface area contributed by atoms with Crippen LogP contribution < -0.4 is 5.43 Å². The van der Waals surface area contributed by atoms with E-state index in [4.69, 9.17) is 0 Å². The minimum atomic E-state index is -4.02. The van der Waals surface area contributed by atoms with Crippen molar-refractivity contribution in [3.05, 3.63) is 38.6 Å². The molecule has 2 rings (SSSR count). The van der Waals surface area contributed by atoms with Gasteiger partial charge >= 0.3 is 10.1 Å². The summed E-state index contributed by atoms with van der Waals surface area (Å²) in [5.74, 6) is 0. The van der Waals surface area contributed by atoms with Crippen molar-refractivity contribution in [2.24, 2.45) is 0 Å². The second-order valence-corrected chi connectivity index (χ2v) is 6.28. The average Bonchev–Trinajstić information content (AvgIpc) is 2.27. The molecule has 0 amide bonds. The van der Waals surface area contributed by atoms with Gasteiger partial charge in [0, 0.05) is 15.6 Å². The lowest BCUT2D eigenvalue weighted by Gasteiger charge is -2.07. The number of rotatable bonds is 2. The van der Waals surface area contributed by atoms with Crippen molar-refractivity contribution >= 4 is 37.0 Å². The highest BCUT2D eigenvalue weighted by atomic mass is 79.9. The molecule has 0 radical (unpaired) electrons. The van der Waals surface area contributed by atoms with E-state index in [1.807, 2.05) is 0 Å². The topological polar surface area (TPSA) is 76.2 Å². The zero-order chi connectivity index (χ0) is 13.5. The molecule has 96 valence electrons. The van der Waals surface area contributed by atoms with Crippen LogP contribution in [0.2, 0.25) is 0 Å². The molecule has 0 atom stereocenters. The molecule has 0 saturated carbocycles. The van der Waals surface area contributed by atoms with Gasteiger partial charge in [0.05, 0.1) is 12.6 Å². The van der Waals surface area contributed by atoms with E-state index in [9.17, 15) is 13.2 Å². The zero-order valence-electron chi connectivity index (χ0n) is 9.65. The second kappa shape index (κ2) is 4.49. The molecule has 0 spiro atoms. The second-order valence-electron chi connectivity index (χ2n) is 3.72. The first-order chi connectivity index (χ1) is 8.36. The van der Waals surface area contributed by atoms with Gasteiger partial charge in [-0.3, -0.25) is 8.98 Å². The fraction of sp³-hybridized carbons (Fsp3) is 0.182. The lowest BCUT2D eigenvalue weighted by Crippen LogP contribution is -2.19. The van der Waals surface area contributed by atoms with Crippen LogP contribution in [0.25, 0.3) is 10.9 Å². The van der Waals surface area contributed by atoms with Gasteiger partial charge in [0.15, 0.2) is 4.90 Å². The van der Waals surface area contributed by atoms with Crippen LogP contribution in [0, 0.1) is 6.92 Å². The maximum Gasteiger partial charge on any atom is 0.302 e. The van der Waals surface area contributed by atoms with Crippen molar-refractivity contribution in [2.45, 2.75) is 11.8 Å². The molecule has 0 bridgehead atoms. The molecule has 0 unspecified atom stereocenters. The number of nitrogens with one attached hydrogen (secondary N) is 1. The van der Waals surface area contributed by atoms with Crippen LogP contribution in [0.1, 0.15) is 5.69 Å². The Kier molecular flexibility index (Phi) is 3.31. The summed E-state index contributed by atoms with van der Waals surface area (Å²) < 4.78 is 28.6. The zero-order valence-corrected chi connectivity index (χ0v) is 12.1. The number of aromatic nitrogens is 1. The first kappa shape index (κ1) is 13.3. The summed E-state index contributed by atoms with van der Waals surface area (Å²) in [5.41, 5.74) is 0.268. The molecular weight excluding hydrogens is 322 g/mol. The molecule has 1 N–H and O–H groups in total. The van der Waals surface area contributed by atoms with Crippen LogP contribution in [-0.2, 0) is 14.3 Å². The van der Waals surface area contributed by atoms with Crippen molar-refractivity contribution in [3.8, 4) is 0 Å². The molecule has 0 aliphatic heterocycles. The van der Waals surface area contributed by atoms with Gasteiger partial charge in [-0.1, -0.05) is 15.9 Å². The van der Waals surface area contributed by atoms with Crippen LogP contribution in [0.5, 0.6) is 0 Å². The van der Waals surface area contributed by atoms with Crippen molar-refractivity contribution < 1.29 is 12.6 Å². The summed E-state index contributed by atoms with van der Waals surface area (Å²) in [6.07, 6.45) is 0. The maximum atomic E-state index is 12.2. The largest absolute Gasteiger partial charge is 0.357 e. The first-order valence-electron chi connectivity index (χ1n) is 4.99. The average molecular weight is 332 g/mol. The number of hydrogen-bond acceptors (Lipinski definition) is 4. The summed E-state index contributed by atoms with van der Waals surface area (Å²) in [5, 5.41) is 0.305. The molecule has 1 aromatic carbocycles. The van der Waals surface area contributed by atoms with E-state index in [1.165, 1.54) is 6.92 Å². The van der Waals surface area contributed by atoms with Gasteiger partial charge in [-0.25, -0.2) is 0 Å². The molecule has 1 heterocycles. The number of halogens is 1. The summed E-state index contributed by atoms with van der Waals surface area (Å²) in [6.45, 7) is 1.52. The summed E-state index contributed by atoms with van der Waals surface area (Å²) in [7, 11) is -2.99. The molecule has 0 fully saturated rings. The van der Waals surface area contributed by atoms with E-state index >= 15 is 0 Å². The van der Waals surface area contributed by atoms with Gasteiger partial charge in [-0.2, -0.15) is 8.42 Å². The lowest BCUT2D eigenvalue weighted by atomic mass is 10.2. The molecule has 18 heavy (non-hydrogen) atoms. The van der Waals surface area contributed by atoms with Gasteiger partial charge < -0.3 is 4.98 Å². The number of H-pyrrole nitrogens is 1. The number of fused-ring (bicyclic) bond motifs is 1. The van der Waals surface area contributed by atoms with Gasteiger partial charge in [-0.05, 0) is 25.1 Å². The normalized spacial score (nSPS) is 11.9. The lowest BCUT2D eigenvalue weighted by molar-refractivity contribution is 0.396. The maximum absolute atomic E-state index is 12.2. The highest BCUT2D eigenvalue weighted by Gasteiger charge is 2.22. The van der Waals surface area contributed by atoms with Crippen LogP contribution in [0.15, 0.2) is 32.4 Å². The fourth-order valence-electron chi connectivity index (χ4n) is 1.75. The van der Waals surface area contributed by atoms with Gasteiger partial charge in [0.1, 0.15) is 0 Å². The van der Waals surface area contributed by atoms with Crippen molar-refractivity contribution in [2.75, 3.05) is 7.11 Å². The number of hydrogen-bond donors (Lipinski definition) is 1. The Morgan fingerprint density at radius 3 is 2.61 bits per heavy atom. The van der Waals surface area contributed by atoms with Gasteiger partial charge in [-0.15, -0.1) is 0 Å². The first-order valence-corrected chi connectivity index (χ1v) is 7.19. The predicted molar refractivity (Wildman–Crippen MR) is 71.2 cm³/mol. The molecule has 0 aliphatic carbocycles. The monoisotopic (exact) mass is 331 g/mol. The molecule has 1 aromatic heterocycles. The van der Waals surface area contributed by atoms with Gasteiger partial charge in [0.25, 0.3) is 0 Å². The molecule has 2 aromatic rings. The smallest absolute Gasteiger partial charge is 0.302 e. The minimum absolute atomic E-state index is 0.257. The van der Waals surface area contributed by atoms with Crippen molar-refractivity contribution in [3.63, 3.8) is 0 Å². The van der Waals surface area contributed by atoms with E-state index in [-0.39, 0.29) is 10.6 Å². The number of pyridine rings is 1. The standard InChI is InChI=1S/C11H10BrNO4S/c1-6-11(18(15,16)17-2)10(14)8-4-3-7(12)5-9(8)13-6/h3-5H,1-2H3,(H,13,14). The summed E-state index contributed by atoms with van der Waals surface area (Å²) in [4.78, 5) is 14.7. The Morgan fingerprint density at radius 1 is 1.33 bits per heavy atom. The molecule has 0 aliphatic rings. The van der Waals surface area contributed by atoms with E-state index < -0.39 is 15.5 Å². The summed E-state index contributed by atoms with van der Waals surface area (Å²) in [6, 6.07) is 4.95. The minimum Gasteiger partial charge on any atom is -0.357 e. The Morgan fingerprint density at radius 2 is 2.00 bits per heavy atom. The quantitative estimate of drug-likeness (QED) is 0.853. The molecule has 0 saturated heterocycles.